The first-order valence-electron chi connectivity index (χ1n) is 7.82. The number of rotatable bonds is 2. The van der Waals surface area contributed by atoms with Gasteiger partial charge >= 0.3 is 0 Å². The molecule has 1 aliphatic rings. The van der Waals surface area contributed by atoms with Crippen LogP contribution in [0.5, 0.6) is 0 Å². The van der Waals surface area contributed by atoms with Crippen LogP contribution in [0.3, 0.4) is 0 Å². The van der Waals surface area contributed by atoms with Crippen LogP contribution in [-0.4, -0.2) is 29.4 Å². The first kappa shape index (κ1) is 18.2. The van der Waals surface area contributed by atoms with Crippen molar-refractivity contribution in [2.24, 2.45) is 5.73 Å². The van der Waals surface area contributed by atoms with Gasteiger partial charge in [0.25, 0.3) is 5.91 Å². The predicted octanol–water partition coefficient (Wildman–Crippen LogP) is 4.37. The second-order valence-electron chi connectivity index (χ2n) is 6.13. The van der Waals surface area contributed by atoms with Gasteiger partial charge in [-0.25, -0.2) is 0 Å². The lowest BCUT2D eigenvalue weighted by Crippen LogP contribution is -2.51. The van der Waals surface area contributed by atoms with Crippen molar-refractivity contribution in [2.75, 3.05) is 6.54 Å². The van der Waals surface area contributed by atoms with E-state index >= 15 is 0 Å². The lowest BCUT2D eigenvalue weighted by Gasteiger charge is -2.38. The van der Waals surface area contributed by atoms with E-state index in [2.05, 4.69) is 22.0 Å². The lowest BCUT2D eigenvalue weighted by atomic mass is 9.95. The van der Waals surface area contributed by atoms with Crippen LogP contribution >= 0.6 is 28.3 Å². The molecule has 2 unspecified atom stereocenters. The summed E-state index contributed by atoms with van der Waals surface area (Å²) in [6.07, 6.45) is 3.22. The van der Waals surface area contributed by atoms with Crippen LogP contribution in [0.25, 0.3) is 10.8 Å². The normalized spacial score (nSPS) is 19.3. The summed E-state index contributed by atoms with van der Waals surface area (Å²) in [7, 11) is 0. The summed E-state index contributed by atoms with van der Waals surface area (Å²) in [6, 6.07) is 12.2. The summed E-state index contributed by atoms with van der Waals surface area (Å²) in [5.74, 6) is 0.104. The molecule has 5 heteroatoms. The molecule has 0 spiro atoms. The van der Waals surface area contributed by atoms with E-state index in [1.54, 1.807) is 0 Å². The maximum atomic E-state index is 12.9. The third-order valence-corrected chi connectivity index (χ3v) is 4.96. The smallest absolute Gasteiger partial charge is 0.254 e. The molecule has 1 amide bonds. The Bertz CT molecular complexity index is 704. The van der Waals surface area contributed by atoms with E-state index in [1.807, 2.05) is 42.2 Å². The zero-order chi connectivity index (χ0) is 15.7. The van der Waals surface area contributed by atoms with Crippen LogP contribution in [0.1, 0.15) is 36.5 Å². The molecule has 0 saturated carbocycles. The molecule has 124 valence electrons. The molecule has 0 radical (unpaired) electrons. The van der Waals surface area contributed by atoms with Crippen LogP contribution in [0, 0.1) is 0 Å². The molecular formula is C18H22BrClN2O. The van der Waals surface area contributed by atoms with Gasteiger partial charge in [-0.05, 0) is 61.2 Å². The Morgan fingerprint density at radius 3 is 2.65 bits per heavy atom. The molecule has 0 bridgehead atoms. The van der Waals surface area contributed by atoms with Crippen molar-refractivity contribution < 1.29 is 4.79 Å². The van der Waals surface area contributed by atoms with E-state index in [0.29, 0.717) is 0 Å². The van der Waals surface area contributed by atoms with Crippen LogP contribution in [0.15, 0.2) is 40.9 Å². The Labute approximate surface area is 151 Å². The largest absolute Gasteiger partial charge is 0.334 e. The zero-order valence-electron chi connectivity index (χ0n) is 13.2. The number of hydrogen-bond donors (Lipinski definition) is 1. The molecule has 23 heavy (non-hydrogen) atoms. The Hall–Kier alpha value is -1.10. The summed E-state index contributed by atoms with van der Waals surface area (Å²) in [5, 5.41) is 2.22. The number of carbonyl (C=O) groups excluding carboxylic acids is 1. The van der Waals surface area contributed by atoms with E-state index in [4.69, 9.17) is 5.73 Å². The number of amides is 1. The Morgan fingerprint density at radius 1 is 1.22 bits per heavy atom. The molecule has 0 aliphatic carbocycles. The number of benzene rings is 2. The van der Waals surface area contributed by atoms with Crippen molar-refractivity contribution in [1.82, 2.24) is 4.90 Å². The van der Waals surface area contributed by atoms with Crippen molar-refractivity contribution in [1.29, 1.82) is 0 Å². The number of fused-ring (bicyclic) bond motifs is 1. The molecule has 1 saturated heterocycles. The highest BCUT2D eigenvalue weighted by Gasteiger charge is 2.29. The van der Waals surface area contributed by atoms with Gasteiger partial charge in [0.15, 0.2) is 0 Å². The standard InChI is InChI=1S/C18H21BrN2O.ClH/c1-12(20)17-4-2-3-9-21(17)18(22)15-6-5-14-11-16(19)8-7-13(14)10-15;/h5-8,10-12,17H,2-4,9,20H2,1H3;1H. The molecule has 3 rings (SSSR count). The van der Waals surface area contributed by atoms with Gasteiger partial charge in [0, 0.05) is 28.7 Å². The molecule has 2 aromatic carbocycles. The highest BCUT2D eigenvalue weighted by atomic mass is 79.9. The van der Waals surface area contributed by atoms with Crippen LogP contribution in [0.2, 0.25) is 0 Å². The minimum Gasteiger partial charge on any atom is -0.334 e. The topological polar surface area (TPSA) is 46.3 Å². The minimum absolute atomic E-state index is 0. The molecule has 2 N–H and O–H groups in total. The third-order valence-electron chi connectivity index (χ3n) is 4.47. The highest BCUT2D eigenvalue weighted by Crippen LogP contribution is 2.25. The highest BCUT2D eigenvalue weighted by molar-refractivity contribution is 9.10. The molecule has 1 fully saturated rings. The van der Waals surface area contributed by atoms with Crippen molar-refractivity contribution in [3.05, 3.63) is 46.4 Å². The lowest BCUT2D eigenvalue weighted by molar-refractivity contribution is 0.0584. The first-order valence-corrected chi connectivity index (χ1v) is 8.61. The molecular weight excluding hydrogens is 376 g/mol. The van der Waals surface area contributed by atoms with E-state index in [1.165, 1.54) is 0 Å². The minimum atomic E-state index is 0. The number of piperidine rings is 1. The fraction of sp³-hybridized carbons (Fsp3) is 0.389. The van der Waals surface area contributed by atoms with Gasteiger partial charge in [0.05, 0.1) is 0 Å². The zero-order valence-corrected chi connectivity index (χ0v) is 15.6. The second kappa shape index (κ2) is 7.65. The molecule has 3 nitrogen and oxygen atoms in total. The summed E-state index contributed by atoms with van der Waals surface area (Å²) < 4.78 is 1.05. The van der Waals surface area contributed by atoms with Gasteiger partial charge in [-0.1, -0.05) is 28.1 Å². The fourth-order valence-corrected chi connectivity index (χ4v) is 3.65. The quantitative estimate of drug-likeness (QED) is 0.818. The van der Waals surface area contributed by atoms with Crippen molar-refractivity contribution in [3.8, 4) is 0 Å². The summed E-state index contributed by atoms with van der Waals surface area (Å²) >= 11 is 3.48. The van der Waals surface area contributed by atoms with Crippen molar-refractivity contribution >= 4 is 45.0 Å². The number of likely N-dealkylation sites (tertiary alicyclic amines) is 1. The van der Waals surface area contributed by atoms with Crippen LogP contribution in [0.4, 0.5) is 0 Å². The van der Waals surface area contributed by atoms with Gasteiger partial charge in [0.2, 0.25) is 0 Å². The molecule has 2 atom stereocenters. The Balaban J connectivity index is 0.00000192. The predicted molar refractivity (Wildman–Crippen MR) is 101 cm³/mol. The van der Waals surface area contributed by atoms with E-state index in [9.17, 15) is 4.79 Å². The van der Waals surface area contributed by atoms with Crippen molar-refractivity contribution in [3.63, 3.8) is 0 Å². The molecule has 2 aromatic rings. The maximum Gasteiger partial charge on any atom is 0.254 e. The fourth-order valence-electron chi connectivity index (χ4n) is 3.27. The third kappa shape index (κ3) is 3.87. The van der Waals surface area contributed by atoms with Crippen LogP contribution < -0.4 is 5.73 Å². The average Bonchev–Trinajstić information content (AvgIpc) is 2.53. The SMILES string of the molecule is CC(N)C1CCCCN1C(=O)c1ccc2cc(Br)ccc2c1.Cl. The number of nitrogens with zero attached hydrogens (tertiary/aromatic N) is 1. The van der Waals surface area contributed by atoms with Crippen molar-refractivity contribution in [2.45, 2.75) is 38.3 Å². The molecule has 1 aliphatic heterocycles. The van der Waals surface area contributed by atoms with Gasteiger partial charge in [-0.2, -0.15) is 0 Å². The number of nitrogens with two attached hydrogens (primary N) is 1. The monoisotopic (exact) mass is 396 g/mol. The van der Waals surface area contributed by atoms with Gasteiger partial charge in [-0.15, -0.1) is 12.4 Å². The Kier molecular flexibility index (Phi) is 6.06. The maximum absolute atomic E-state index is 12.9. The first-order chi connectivity index (χ1) is 10.6. The van der Waals surface area contributed by atoms with E-state index < -0.39 is 0 Å². The number of halogens is 2. The van der Waals surface area contributed by atoms with Gasteiger partial charge in [-0.3, -0.25) is 4.79 Å². The van der Waals surface area contributed by atoms with Gasteiger partial charge < -0.3 is 10.6 Å². The van der Waals surface area contributed by atoms with E-state index in [0.717, 1.165) is 46.6 Å². The van der Waals surface area contributed by atoms with Crippen LogP contribution in [-0.2, 0) is 0 Å². The Morgan fingerprint density at radius 2 is 1.91 bits per heavy atom. The van der Waals surface area contributed by atoms with E-state index in [-0.39, 0.29) is 30.4 Å². The number of hydrogen-bond acceptors (Lipinski definition) is 2. The average molecular weight is 398 g/mol. The summed E-state index contributed by atoms with van der Waals surface area (Å²) in [5.41, 5.74) is 6.83. The van der Waals surface area contributed by atoms with Gasteiger partial charge in [0.1, 0.15) is 0 Å². The summed E-state index contributed by atoms with van der Waals surface area (Å²) in [4.78, 5) is 14.9. The summed E-state index contributed by atoms with van der Waals surface area (Å²) in [6.45, 7) is 2.80. The molecule has 1 heterocycles. The number of carbonyl (C=O) groups is 1. The molecule has 0 aromatic heterocycles. The second-order valence-corrected chi connectivity index (χ2v) is 7.04.